The normalized spacial score (nSPS) is 14.5. The molecule has 0 saturated carbocycles. The lowest BCUT2D eigenvalue weighted by molar-refractivity contribution is -0.137. The molecule has 1 aliphatic heterocycles. The Morgan fingerprint density at radius 1 is 1.09 bits per heavy atom. The molecule has 0 fully saturated rings. The van der Waals surface area contributed by atoms with Gasteiger partial charge in [0, 0.05) is 16.0 Å². The van der Waals surface area contributed by atoms with Gasteiger partial charge in [-0.1, -0.05) is 30.3 Å². The fourth-order valence-corrected chi connectivity index (χ4v) is 5.53. The fourth-order valence-electron chi connectivity index (χ4n) is 4.32. The van der Waals surface area contributed by atoms with Crippen LogP contribution in [0.2, 0.25) is 0 Å². The van der Waals surface area contributed by atoms with Crippen molar-refractivity contribution in [2.45, 2.75) is 33.2 Å². The number of phenols is 1. The van der Waals surface area contributed by atoms with Crippen molar-refractivity contribution in [3.05, 3.63) is 81.2 Å². The first-order valence-electron chi connectivity index (χ1n) is 10.9. The molecule has 9 heteroatoms. The summed E-state index contributed by atoms with van der Waals surface area (Å²) in [6.45, 7) is 5.96. The maximum atomic E-state index is 11.7. The monoisotopic (exact) mass is 483 g/mol. The van der Waals surface area contributed by atoms with E-state index < -0.39 is 12.0 Å². The van der Waals surface area contributed by atoms with Crippen molar-refractivity contribution in [2.24, 2.45) is 4.99 Å². The molecule has 1 atom stereocenters. The quantitative estimate of drug-likeness (QED) is 0.427. The molecule has 0 saturated heterocycles. The first kappa shape index (κ1) is 22.5. The molecule has 5 rings (SSSR count). The highest BCUT2D eigenvalue weighted by molar-refractivity contribution is 7.15. The number of hydrogen-bond donors (Lipinski definition) is 2. The van der Waals surface area contributed by atoms with E-state index in [9.17, 15) is 20.3 Å². The second-order valence-electron chi connectivity index (χ2n) is 8.42. The molecular weight excluding hydrogens is 462 g/mol. The summed E-state index contributed by atoms with van der Waals surface area (Å²) in [5.74, 6) is 0.195. The van der Waals surface area contributed by atoms with Gasteiger partial charge in [0.05, 0.1) is 17.7 Å². The van der Waals surface area contributed by atoms with E-state index in [1.165, 1.54) is 6.07 Å². The minimum atomic E-state index is -0.959. The summed E-state index contributed by atoms with van der Waals surface area (Å²) in [6.07, 6.45) is -0.197. The van der Waals surface area contributed by atoms with Crippen LogP contribution in [0.4, 0.5) is 0 Å². The van der Waals surface area contributed by atoms with Crippen LogP contribution in [0.25, 0.3) is 16.1 Å². The predicted octanol–water partition coefficient (Wildman–Crippen LogP) is 4.87. The molecule has 0 unspecified atom stereocenters. The number of aliphatic carboxylic acids is 1. The number of phenolic OH excluding ortho intramolecular Hbond substituents is 1. The van der Waals surface area contributed by atoms with Crippen molar-refractivity contribution in [1.29, 1.82) is 5.26 Å². The minimum Gasteiger partial charge on any atom is -0.507 e. The molecule has 2 aromatic carbocycles. The lowest BCUT2D eigenvalue weighted by Crippen LogP contribution is -2.10. The zero-order valence-electron chi connectivity index (χ0n) is 19.3. The number of nitrogens with zero attached hydrogens (tertiary/aromatic N) is 5. The zero-order valence-corrected chi connectivity index (χ0v) is 20.1. The highest BCUT2D eigenvalue weighted by atomic mass is 32.1. The Hall–Kier alpha value is -4.29. The Labute approximate surface area is 205 Å². The molecule has 3 heterocycles. The standard InChI is InChI=1S/C26H21N5O3S/c1-13-14(2)35-26-23(13)24(28-20(11-22(33)34)25-30-29-15(3)31(25)26)17-6-4-16(5-7-17)18-8-9-21(32)19(10-18)12-27/h4-10,20,32H,11H2,1-3H3,(H,33,34)/t20-/m0/s1. The SMILES string of the molecule is Cc1sc2c(c1C)C(c1ccc(-c3ccc(O)c(C#N)c3)cc1)=N[C@@H](CC(=O)O)c1nnc(C)n1-2. The van der Waals surface area contributed by atoms with Gasteiger partial charge in [0.25, 0.3) is 0 Å². The van der Waals surface area contributed by atoms with Crippen LogP contribution in [-0.2, 0) is 4.79 Å². The van der Waals surface area contributed by atoms with Gasteiger partial charge in [0.2, 0.25) is 0 Å². The number of thiophene rings is 1. The molecule has 0 bridgehead atoms. The van der Waals surface area contributed by atoms with Gasteiger partial charge >= 0.3 is 5.97 Å². The van der Waals surface area contributed by atoms with E-state index in [-0.39, 0.29) is 17.7 Å². The second kappa shape index (κ2) is 8.49. The molecule has 8 nitrogen and oxygen atoms in total. The number of rotatable bonds is 4. The fraction of sp³-hybridized carbons (Fsp3) is 0.192. The van der Waals surface area contributed by atoms with Gasteiger partial charge in [-0.25, -0.2) is 0 Å². The van der Waals surface area contributed by atoms with Crippen LogP contribution in [-0.4, -0.2) is 36.7 Å². The third kappa shape index (κ3) is 3.78. The van der Waals surface area contributed by atoms with E-state index in [4.69, 9.17) is 4.99 Å². The third-order valence-electron chi connectivity index (χ3n) is 6.22. The molecule has 0 spiro atoms. The lowest BCUT2D eigenvalue weighted by atomic mass is 9.96. The van der Waals surface area contributed by atoms with Crippen LogP contribution in [0.3, 0.4) is 0 Å². The molecule has 0 aliphatic carbocycles. The number of aliphatic imine (C=N–C) groups is 1. The summed E-state index contributed by atoms with van der Waals surface area (Å²) in [6, 6.07) is 14.0. The molecule has 1 aliphatic rings. The number of benzene rings is 2. The summed E-state index contributed by atoms with van der Waals surface area (Å²) in [5.41, 5.74) is 5.50. The molecule has 0 radical (unpaired) electrons. The van der Waals surface area contributed by atoms with Crippen molar-refractivity contribution in [3.63, 3.8) is 0 Å². The summed E-state index contributed by atoms with van der Waals surface area (Å²) >= 11 is 1.62. The number of aromatic nitrogens is 3. The molecule has 35 heavy (non-hydrogen) atoms. The minimum absolute atomic E-state index is 0.0525. The van der Waals surface area contributed by atoms with Gasteiger partial charge in [-0.2, -0.15) is 5.26 Å². The van der Waals surface area contributed by atoms with Crippen molar-refractivity contribution >= 4 is 23.0 Å². The maximum absolute atomic E-state index is 11.7. The Kier molecular flexibility index (Phi) is 5.46. The zero-order chi connectivity index (χ0) is 24.9. The van der Waals surface area contributed by atoms with Gasteiger partial charge in [-0.15, -0.1) is 21.5 Å². The first-order chi connectivity index (χ1) is 16.8. The van der Waals surface area contributed by atoms with E-state index in [0.29, 0.717) is 17.4 Å². The largest absolute Gasteiger partial charge is 0.507 e. The van der Waals surface area contributed by atoms with E-state index in [1.54, 1.807) is 23.5 Å². The summed E-state index contributed by atoms with van der Waals surface area (Å²) in [4.78, 5) is 17.8. The van der Waals surface area contributed by atoms with Crippen molar-refractivity contribution in [3.8, 4) is 27.9 Å². The number of carboxylic acids is 1. The first-order valence-corrected chi connectivity index (χ1v) is 11.8. The number of carbonyl (C=O) groups is 1. The summed E-state index contributed by atoms with van der Waals surface area (Å²) < 4.78 is 1.93. The Morgan fingerprint density at radius 3 is 2.46 bits per heavy atom. The average molecular weight is 484 g/mol. The van der Waals surface area contributed by atoms with Crippen molar-refractivity contribution in [1.82, 2.24) is 14.8 Å². The molecule has 174 valence electrons. The highest BCUT2D eigenvalue weighted by Gasteiger charge is 2.32. The Morgan fingerprint density at radius 2 is 1.77 bits per heavy atom. The predicted molar refractivity (Wildman–Crippen MR) is 132 cm³/mol. The number of aromatic hydroxyl groups is 1. The van der Waals surface area contributed by atoms with Crippen molar-refractivity contribution in [2.75, 3.05) is 0 Å². The van der Waals surface area contributed by atoms with E-state index >= 15 is 0 Å². The van der Waals surface area contributed by atoms with Crippen molar-refractivity contribution < 1.29 is 15.0 Å². The smallest absolute Gasteiger partial charge is 0.306 e. The molecule has 2 N–H and O–H groups in total. The maximum Gasteiger partial charge on any atom is 0.306 e. The molecule has 2 aromatic heterocycles. The van der Waals surface area contributed by atoms with E-state index in [2.05, 4.69) is 17.1 Å². The highest BCUT2D eigenvalue weighted by Crippen LogP contribution is 2.39. The summed E-state index contributed by atoms with van der Waals surface area (Å²) in [5, 5.41) is 38.1. The topological polar surface area (TPSA) is 124 Å². The Bertz CT molecular complexity index is 1560. The van der Waals surface area contributed by atoms with Crippen LogP contribution >= 0.6 is 11.3 Å². The molecule has 4 aromatic rings. The number of fused-ring (bicyclic) bond motifs is 3. The van der Waals surface area contributed by atoms with Crippen LogP contribution in [0.15, 0.2) is 47.5 Å². The molecular formula is C26H21N5O3S. The van der Waals surface area contributed by atoms with Crippen LogP contribution in [0, 0.1) is 32.1 Å². The van der Waals surface area contributed by atoms with Gasteiger partial charge in [0.1, 0.15) is 28.7 Å². The second-order valence-corrected chi connectivity index (χ2v) is 9.62. The van der Waals surface area contributed by atoms with Gasteiger partial charge in [-0.05, 0) is 49.6 Å². The summed E-state index contributed by atoms with van der Waals surface area (Å²) in [7, 11) is 0. The number of hydrogen-bond acceptors (Lipinski definition) is 7. The van der Waals surface area contributed by atoms with Gasteiger partial charge < -0.3 is 10.2 Å². The number of aryl methyl sites for hydroxylation is 2. The number of carboxylic acid groups (broad SMARTS) is 1. The van der Waals surface area contributed by atoms with Crippen LogP contribution < -0.4 is 0 Å². The average Bonchev–Trinajstić information content (AvgIpc) is 3.31. The van der Waals surface area contributed by atoms with Gasteiger partial charge in [-0.3, -0.25) is 14.4 Å². The number of nitriles is 1. The Balaban J connectivity index is 1.66. The molecule has 0 amide bonds. The van der Waals surface area contributed by atoms with E-state index in [1.807, 2.05) is 48.7 Å². The lowest BCUT2D eigenvalue weighted by Gasteiger charge is -2.11. The van der Waals surface area contributed by atoms with Crippen LogP contribution in [0.1, 0.15) is 51.2 Å². The third-order valence-corrected chi connectivity index (χ3v) is 7.41. The van der Waals surface area contributed by atoms with E-state index in [0.717, 1.165) is 37.7 Å². The van der Waals surface area contributed by atoms with Gasteiger partial charge in [0.15, 0.2) is 5.82 Å². The van der Waals surface area contributed by atoms with Crippen LogP contribution in [0.5, 0.6) is 5.75 Å².